The summed E-state index contributed by atoms with van der Waals surface area (Å²) in [6, 6.07) is 17.9. The molecule has 1 aromatic heterocycles. The maximum absolute atomic E-state index is 12.6. The van der Waals surface area contributed by atoms with Crippen molar-refractivity contribution in [3.05, 3.63) is 81.5 Å². The molecule has 1 heterocycles. The second kappa shape index (κ2) is 7.32. The highest BCUT2D eigenvalue weighted by Crippen LogP contribution is 2.36. The van der Waals surface area contributed by atoms with Crippen molar-refractivity contribution in [2.45, 2.75) is 6.92 Å². The minimum absolute atomic E-state index is 0.343. The van der Waals surface area contributed by atoms with Gasteiger partial charge in [-0.15, -0.1) is 0 Å². The van der Waals surface area contributed by atoms with Crippen molar-refractivity contribution in [1.29, 1.82) is 0 Å². The number of hydrogen-bond donors (Lipinski definition) is 0. The average Bonchev–Trinajstić information content (AvgIpc) is 3.08. The lowest BCUT2D eigenvalue weighted by molar-refractivity contribution is 0.0734. The molecule has 0 aliphatic carbocycles. The Balaban J connectivity index is 1.79. The molecule has 0 saturated carbocycles. The molecular weight excluding hydrogens is 376 g/mol. The summed E-state index contributed by atoms with van der Waals surface area (Å²) in [6.45, 7) is 1.97. The fraction of sp³-hybridized carbons (Fsp3) is 0.0909. The van der Waals surface area contributed by atoms with Crippen molar-refractivity contribution < 1.29 is 18.7 Å². The van der Waals surface area contributed by atoms with Crippen LogP contribution in [0.2, 0.25) is 0 Å². The first-order valence-electron chi connectivity index (χ1n) is 8.55. The minimum atomic E-state index is -0.509. The number of hydrogen-bond acceptors (Lipinski definition) is 6. The van der Waals surface area contributed by atoms with Gasteiger partial charge in [-0.1, -0.05) is 41.7 Å². The summed E-state index contributed by atoms with van der Waals surface area (Å²) in [5, 5.41) is 0. The predicted octanol–water partition coefficient (Wildman–Crippen LogP) is 5.06. The molecule has 0 N–H and O–H groups in total. The van der Waals surface area contributed by atoms with Crippen LogP contribution in [0, 0.1) is 6.92 Å². The third-order valence-corrected chi connectivity index (χ3v) is 5.13. The fourth-order valence-electron chi connectivity index (χ4n) is 3.00. The molecule has 4 aromatic rings. The van der Waals surface area contributed by atoms with E-state index in [-0.39, 0.29) is 0 Å². The molecule has 0 radical (unpaired) electrons. The van der Waals surface area contributed by atoms with Gasteiger partial charge in [0, 0.05) is 11.6 Å². The Morgan fingerprint density at radius 3 is 2.57 bits per heavy atom. The number of fused-ring (bicyclic) bond motifs is 1. The van der Waals surface area contributed by atoms with Crippen molar-refractivity contribution >= 4 is 27.6 Å². The molecule has 0 bridgehead atoms. The third kappa shape index (κ3) is 3.42. The van der Waals surface area contributed by atoms with E-state index in [0.29, 0.717) is 32.9 Å². The first-order chi connectivity index (χ1) is 13.5. The quantitative estimate of drug-likeness (QED) is 0.359. The number of methoxy groups -OCH3 is 1. The Hall–Kier alpha value is -3.38. The van der Waals surface area contributed by atoms with E-state index in [2.05, 4.69) is 0 Å². The van der Waals surface area contributed by atoms with Crippen LogP contribution in [0.4, 0.5) is 0 Å². The minimum Gasteiger partial charge on any atom is -0.497 e. The fourth-order valence-corrected chi connectivity index (χ4v) is 3.73. The lowest BCUT2D eigenvalue weighted by Crippen LogP contribution is -2.08. The summed E-state index contributed by atoms with van der Waals surface area (Å²) in [4.78, 5) is 24.0. The maximum Gasteiger partial charge on any atom is 0.396 e. The summed E-state index contributed by atoms with van der Waals surface area (Å²) in [5.74, 6) is 0.402. The van der Waals surface area contributed by atoms with Gasteiger partial charge in [0.05, 0.1) is 17.4 Å². The molecule has 0 saturated heterocycles. The van der Waals surface area contributed by atoms with Crippen molar-refractivity contribution in [3.8, 4) is 22.6 Å². The molecule has 140 valence electrons. The summed E-state index contributed by atoms with van der Waals surface area (Å²) in [5.41, 5.74) is 3.51. The molecule has 0 aliphatic rings. The van der Waals surface area contributed by atoms with Gasteiger partial charge in [-0.2, -0.15) is 0 Å². The van der Waals surface area contributed by atoms with Crippen LogP contribution in [0.15, 0.2) is 69.9 Å². The zero-order chi connectivity index (χ0) is 19.7. The molecule has 4 rings (SSSR count). The lowest BCUT2D eigenvalue weighted by atomic mass is 10.00. The van der Waals surface area contributed by atoms with Crippen LogP contribution in [-0.4, -0.2) is 13.1 Å². The van der Waals surface area contributed by atoms with Gasteiger partial charge < -0.3 is 13.9 Å². The smallest absolute Gasteiger partial charge is 0.396 e. The number of aryl methyl sites for hydroxylation is 1. The van der Waals surface area contributed by atoms with E-state index in [4.69, 9.17) is 13.9 Å². The van der Waals surface area contributed by atoms with E-state index in [0.717, 1.165) is 22.5 Å². The van der Waals surface area contributed by atoms with Crippen molar-refractivity contribution in [3.63, 3.8) is 0 Å². The highest BCUT2D eigenvalue weighted by molar-refractivity contribution is 7.16. The zero-order valence-electron chi connectivity index (χ0n) is 15.2. The Morgan fingerprint density at radius 1 is 0.964 bits per heavy atom. The van der Waals surface area contributed by atoms with E-state index in [9.17, 15) is 9.59 Å². The summed E-state index contributed by atoms with van der Waals surface area (Å²) in [7, 11) is 1.54. The molecule has 0 fully saturated rings. The third-order valence-electron chi connectivity index (χ3n) is 4.36. The first-order valence-corrected chi connectivity index (χ1v) is 9.37. The molecule has 6 heteroatoms. The van der Waals surface area contributed by atoms with Crippen LogP contribution in [0.3, 0.4) is 0 Å². The van der Waals surface area contributed by atoms with Crippen LogP contribution in [0.25, 0.3) is 21.4 Å². The molecule has 0 aliphatic heterocycles. The van der Waals surface area contributed by atoms with Crippen molar-refractivity contribution in [2.75, 3.05) is 7.11 Å². The monoisotopic (exact) mass is 392 g/mol. The Morgan fingerprint density at radius 2 is 1.79 bits per heavy atom. The second-order valence-corrected chi connectivity index (χ2v) is 7.17. The Kier molecular flexibility index (Phi) is 4.71. The molecule has 0 unspecified atom stereocenters. The largest absolute Gasteiger partial charge is 0.497 e. The highest BCUT2D eigenvalue weighted by atomic mass is 32.1. The van der Waals surface area contributed by atoms with E-state index in [1.165, 1.54) is 7.11 Å². The maximum atomic E-state index is 12.6. The van der Waals surface area contributed by atoms with Gasteiger partial charge >= 0.3 is 10.9 Å². The van der Waals surface area contributed by atoms with E-state index in [1.807, 2.05) is 31.2 Å². The van der Waals surface area contributed by atoms with Crippen molar-refractivity contribution in [2.24, 2.45) is 0 Å². The number of carbonyl (C=O) groups is 1. The van der Waals surface area contributed by atoms with Gasteiger partial charge in [0.15, 0.2) is 5.58 Å². The molecule has 5 nitrogen and oxygen atoms in total. The number of rotatable bonds is 4. The predicted molar refractivity (Wildman–Crippen MR) is 108 cm³/mol. The van der Waals surface area contributed by atoms with Crippen LogP contribution in [0.5, 0.6) is 11.5 Å². The highest BCUT2D eigenvalue weighted by Gasteiger charge is 2.17. The van der Waals surface area contributed by atoms with E-state index in [1.54, 1.807) is 36.4 Å². The SMILES string of the molecule is COc1cccc(C(=O)Oc2cc(-c3ccccc3C)c3oc(=O)sc3c2)c1. The topological polar surface area (TPSA) is 65.7 Å². The average molecular weight is 392 g/mol. The number of ether oxygens (including phenoxy) is 2. The normalized spacial score (nSPS) is 10.8. The number of carbonyl (C=O) groups excluding carboxylic acids is 1. The second-order valence-electron chi connectivity index (χ2n) is 6.19. The molecule has 28 heavy (non-hydrogen) atoms. The lowest BCUT2D eigenvalue weighted by Gasteiger charge is -2.10. The van der Waals surface area contributed by atoms with Gasteiger partial charge in [0.2, 0.25) is 0 Å². The van der Waals surface area contributed by atoms with E-state index >= 15 is 0 Å². The number of esters is 1. The van der Waals surface area contributed by atoms with Crippen LogP contribution < -0.4 is 14.4 Å². The standard InChI is InChI=1S/C22H16O5S/c1-13-6-3-4-9-17(13)18-11-16(12-19-20(18)27-22(24)28-19)26-21(23)14-7-5-8-15(10-14)25-2/h3-12H,1-2H3. The molecular formula is C22H16O5S. The van der Waals surface area contributed by atoms with Crippen molar-refractivity contribution in [1.82, 2.24) is 0 Å². The van der Waals surface area contributed by atoms with Crippen LogP contribution in [-0.2, 0) is 0 Å². The zero-order valence-corrected chi connectivity index (χ0v) is 16.0. The molecule has 0 amide bonds. The number of benzene rings is 3. The Bertz CT molecular complexity index is 1240. The Labute approximate surface area is 164 Å². The van der Waals surface area contributed by atoms with Crippen LogP contribution in [0.1, 0.15) is 15.9 Å². The van der Waals surface area contributed by atoms with Gasteiger partial charge in [0.1, 0.15) is 11.5 Å². The summed E-state index contributed by atoms with van der Waals surface area (Å²) < 4.78 is 16.8. The van der Waals surface area contributed by atoms with Gasteiger partial charge in [-0.25, -0.2) is 9.59 Å². The first kappa shape index (κ1) is 18.0. The molecule has 0 spiro atoms. The van der Waals surface area contributed by atoms with E-state index < -0.39 is 10.9 Å². The van der Waals surface area contributed by atoms with Gasteiger partial charge in [-0.05, 0) is 42.3 Å². The summed E-state index contributed by atoms with van der Waals surface area (Å²) >= 11 is 0.976. The van der Waals surface area contributed by atoms with Gasteiger partial charge in [0.25, 0.3) is 0 Å². The molecule has 3 aromatic carbocycles. The molecule has 0 atom stereocenters. The van der Waals surface area contributed by atoms with Gasteiger partial charge in [-0.3, -0.25) is 0 Å². The van der Waals surface area contributed by atoms with Crippen LogP contribution >= 0.6 is 11.3 Å². The summed E-state index contributed by atoms with van der Waals surface area (Å²) in [6.07, 6.45) is 0.